The first-order valence-corrected chi connectivity index (χ1v) is 6.53. The van der Waals surface area contributed by atoms with Crippen molar-refractivity contribution in [3.05, 3.63) is 29.6 Å². The van der Waals surface area contributed by atoms with Crippen LogP contribution in [0.25, 0.3) is 11.4 Å². The highest BCUT2D eigenvalue weighted by atomic mass is 32.2. The summed E-state index contributed by atoms with van der Waals surface area (Å²) in [5, 5.41) is 11.8. The third-order valence-electron chi connectivity index (χ3n) is 2.39. The van der Waals surface area contributed by atoms with Crippen molar-refractivity contribution in [2.24, 2.45) is 12.2 Å². The molecule has 1 heterocycles. The van der Waals surface area contributed by atoms with Gasteiger partial charge in [0.1, 0.15) is 5.82 Å². The summed E-state index contributed by atoms with van der Waals surface area (Å²) in [5.41, 5.74) is 1.14. The predicted octanol–water partition coefficient (Wildman–Crippen LogP) is 0.577. The van der Waals surface area contributed by atoms with Crippen LogP contribution in [-0.4, -0.2) is 23.2 Å². The zero-order chi connectivity index (χ0) is 13.5. The molecule has 0 aliphatic rings. The van der Waals surface area contributed by atoms with Gasteiger partial charge in [0.05, 0.1) is 0 Å². The minimum absolute atomic E-state index is 0.238. The fraction of sp³-hybridized carbons (Fsp3) is 0.200. The lowest BCUT2D eigenvalue weighted by Crippen LogP contribution is -2.17. The molecule has 2 N–H and O–H groups in total. The summed E-state index contributed by atoms with van der Waals surface area (Å²) < 4.78 is 36.9. The van der Waals surface area contributed by atoms with Gasteiger partial charge >= 0.3 is 0 Å². The Morgan fingerprint density at radius 3 is 2.44 bits per heavy atom. The van der Waals surface area contributed by atoms with E-state index in [1.165, 1.54) is 23.7 Å². The van der Waals surface area contributed by atoms with Crippen LogP contribution in [0, 0.1) is 12.7 Å². The summed E-state index contributed by atoms with van der Waals surface area (Å²) in [7, 11) is -2.49. The van der Waals surface area contributed by atoms with Gasteiger partial charge < -0.3 is 0 Å². The Balaban J connectivity index is 2.63. The van der Waals surface area contributed by atoms with Crippen molar-refractivity contribution in [2.45, 2.75) is 12.1 Å². The molecule has 2 aromatic rings. The number of rotatable bonds is 2. The van der Waals surface area contributed by atoms with Crippen LogP contribution in [0.15, 0.2) is 23.4 Å². The molecule has 0 bridgehead atoms. The van der Waals surface area contributed by atoms with E-state index in [0.717, 1.165) is 0 Å². The summed E-state index contributed by atoms with van der Waals surface area (Å²) in [4.78, 5) is 0. The molecule has 0 saturated heterocycles. The van der Waals surface area contributed by atoms with E-state index in [0.29, 0.717) is 11.1 Å². The van der Waals surface area contributed by atoms with E-state index in [1.54, 1.807) is 13.0 Å². The highest BCUT2D eigenvalue weighted by Gasteiger charge is 2.19. The summed E-state index contributed by atoms with van der Waals surface area (Å²) in [6.07, 6.45) is 0. The Hall–Kier alpha value is -1.80. The van der Waals surface area contributed by atoms with Crippen LogP contribution in [-0.2, 0) is 17.1 Å². The Bertz CT molecular complexity index is 688. The van der Waals surface area contributed by atoms with Gasteiger partial charge in [-0.2, -0.15) is 0 Å². The van der Waals surface area contributed by atoms with Crippen LogP contribution in [0.2, 0.25) is 0 Å². The maximum absolute atomic E-state index is 13.3. The normalized spacial score (nSPS) is 11.8. The Morgan fingerprint density at radius 1 is 1.28 bits per heavy atom. The fourth-order valence-corrected chi connectivity index (χ4v) is 2.30. The van der Waals surface area contributed by atoms with Gasteiger partial charge in [0.15, 0.2) is 5.82 Å². The second-order valence-corrected chi connectivity index (χ2v) is 5.38. The van der Waals surface area contributed by atoms with Crippen molar-refractivity contribution in [1.82, 2.24) is 14.8 Å². The average molecular weight is 270 g/mol. The lowest BCUT2D eigenvalue weighted by Gasteiger charge is -2.04. The van der Waals surface area contributed by atoms with Gasteiger partial charge in [-0.15, -0.1) is 10.2 Å². The molecule has 0 aliphatic heterocycles. The number of benzene rings is 1. The summed E-state index contributed by atoms with van der Waals surface area (Å²) >= 11 is 0. The third-order valence-corrected chi connectivity index (χ3v) is 3.25. The van der Waals surface area contributed by atoms with E-state index in [-0.39, 0.29) is 11.0 Å². The maximum Gasteiger partial charge on any atom is 0.273 e. The highest BCUT2D eigenvalue weighted by Crippen LogP contribution is 2.21. The molecule has 1 aromatic heterocycles. The first kappa shape index (κ1) is 12.7. The quantitative estimate of drug-likeness (QED) is 0.864. The van der Waals surface area contributed by atoms with E-state index in [9.17, 15) is 12.8 Å². The van der Waals surface area contributed by atoms with Crippen molar-refractivity contribution in [1.29, 1.82) is 0 Å². The Labute approximate surface area is 103 Å². The van der Waals surface area contributed by atoms with Crippen LogP contribution in [0.1, 0.15) is 5.56 Å². The van der Waals surface area contributed by atoms with Crippen LogP contribution >= 0.6 is 0 Å². The van der Waals surface area contributed by atoms with Crippen LogP contribution in [0.5, 0.6) is 0 Å². The number of aryl methyl sites for hydroxylation is 1. The fourth-order valence-electron chi connectivity index (χ4n) is 1.68. The van der Waals surface area contributed by atoms with Crippen molar-refractivity contribution in [3.8, 4) is 11.4 Å². The third kappa shape index (κ3) is 2.24. The second-order valence-electron chi connectivity index (χ2n) is 3.93. The van der Waals surface area contributed by atoms with Crippen LogP contribution in [0.3, 0.4) is 0 Å². The van der Waals surface area contributed by atoms with Gasteiger partial charge in [0.25, 0.3) is 15.2 Å². The molecule has 2 rings (SSSR count). The molecular formula is C10H11FN4O2S. The van der Waals surface area contributed by atoms with Crippen molar-refractivity contribution in [3.63, 3.8) is 0 Å². The highest BCUT2D eigenvalue weighted by molar-refractivity contribution is 7.89. The first-order chi connectivity index (χ1) is 8.29. The standard InChI is InChI=1S/C10H11FN4O2S/c1-6-3-7(5-8(11)4-6)9-13-14-10(15(9)2)18(12,16)17/h3-5H,1-2H3,(H2,12,16,17). The van der Waals surface area contributed by atoms with Crippen molar-refractivity contribution in [2.75, 3.05) is 0 Å². The molecule has 0 radical (unpaired) electrons. The minimum Gasteiger partial charge on any atom is -0.300 e. The monoisotopic (exact) mass is 270 g/mol. The molecule has 8 heteroatoms. The van der Waals surface area contributed by atoms with Gasteiger partial charge in [-0.1, -0.05) is 0 Å². The molecule has 6 nitrogen and oxygen atoms in total. The number of sulfonamides is 1. The minimum atomic E-state index is -3.95. The largest absolute Gasteiger partial charge is 0.300 e. The molecule has 1 aromatic carbocycles. The number of hydrogen-bond donors (Lipinski definition) is 1. The zero-order valence-electron chi connectivity index (χ0n) is 9.75. The Kier molecular flexibility index (Phi) is 2.91. The van der Waals surface area contributed by atoms with Gasteiger partial charge in [-0.05, 0) is 30.7 Å². The predicted molar refractivity (Wildman–Crippen MR) is 62.5 cm³/mol. The second kappa shape index (κ2) is 4.14. The zero-order valence-corrected chi connectivity index (χ0v) is 10.6. The average Bonchev–Trinajstić information content (AvgIpc) is 2.57. The molecule has 0 spiro atoms. The smallest absolute Gasteiger partial charge is 0.273 e. The van der Waals surface area contributed by atoms with Crippen molar-refractivity contribution >= 4 is 10.0 Å². The number of hydrogen-bond acceptors (Lipinski definition) is 4. The molecule has 0 amide bonds. The van der Waals surface area contributed by atoms with Crippen LogP contribution in [0.4, 0.5) is 4.39 Å². The van der Waals surface area contributed by atoms with Gasteiger partial charge in [-0.25, -0.2) is 17.9 Å². The number of aromatic nitrogens is 3. The molecule has 18 heavy (non-hydrogen) atoms. The molecule has 0 saturated carbocycles. The summed E-state index contributed by atoms with van der Waals surface area (Å²) in [5.74, 6) is -0.188. The number of nitrogens with zero attached hydrogens (tertiary/aromatic N) is 3. The van der Waals surface area contributed by atoms with Crippen LogP contribution < -0.4 is 5.14 Å². The summed E-state index contributed by atoms with van der Waals surface area (Å²) in [6.45, 7) is 1.73. The van der Waals surface area contributed by atoms with E-state index < -0.39 is 15.8 Å². The number of nitrogens with two attached hydrogens (primary N) is 1. The molecule has 0 fully saturated rings. The first-order valence-electron chi connectivity index (χ1n) is 4.99. The summed E-state index contributed by atoms with van der Waals surface area (Å²) in [6, 6.07) is 4.30. The lowest BCUT2D eigenvalue weighted by atomic mass is 10.1. The van der Waals surface area contributed by atoms with Gasteiger partial charge in [0.2, 0.25) is 0 Å². The topological polar surface area (TPSA) is 90.9 Å². The number of halogens is 1. The van der Waals surface area contributed by atoms with Gasteiger partial charge in [0, 0.05) is 12.6 Å². The molecule has 0 unspecified atom stereocenters. The lowest BCUT2D eigenvalue weighted by molar-refractivity contribution is 0.580. The SMILES string of the molecule is Cc1cc(F)cc(-c2nnc(S(N)(=O)=O)n2C)c1. The maximum atomic E-state index is 13.3. The van der Waals surface area contributed by atoms with Crippen molar-refractivity contribution < 1.29 is 12.8 Å². The molecule has 96 valence electrons. The van der Waals surface area contributed by atoms with E-state index in [4.69, 9.17) is 5.14 Å². The number of primary sulfonamides is 1. The van der Waals surface area contributed by atoms with E-state index in [1.807, 2.05) is 0 Å². The van der Waals surface area contributed by atoms with Gasteiger partial charge in [-0.3, -0.25) is 4.57 Å². The van der Waals surface area contributed by atoms with E-state index in [2.05, 4.69) is 10.2 Å². The van der Waals surface area contributed by atoms with E-state index >= 15 is 0 Å². The molecule has 0 atom stereocenters. The molecule has 0 aliphatic carbocycles. The Morgan fingerprint density at radius 2 is 1.94 bits per heavy atom. The molecular weight excluding hydrogens is 259 g/mol.